The highest BCUT2D eigenvalue weighted by atomic mass is 35.5. The highest BCUT2D eigenvalue weighted by molar-refractivity contribution is 8.00. The van der Waals surface area contributed by atoms with Gasteiger partial charge >= 0.3 is 0 Å². The maximum Gasteiger partial charge on any atom is 0.281 e. The minimum absolute atomic E-state index is 0.0900. The third-order valence-electron chi connectivity index (χ3n) is 4.29. The first-order chi connectivity index (χ1) is 13.9. The average molecular weight is 468 g/mol. The maximum absolute atomic E-state index is 12.9. The van der Waals surface area contributed by atoms with E-state index < -0.39 is 16.2 Å². The third-order valence-corrected chi connectivity index (χ3v) is 7.39. The van der Waals surface area contributed by atoms with Crippen molar-refractivity contribution in [1.82, 2.24) is 10.4 Å². The molecule has 148 valence electrons. The number of carbonyl (C=O) groups excluding carboxylic acids is 2. The van der Waals surface area contributed by atoms with Crippen LogP contribution in [0.4, 0.5) is 5.69 Å². The molecule has 0 spiro atoms. The summed E-state index contributed by atoms with van der Waals surface area (Å²) in [4.78, 5) is 36.3. The van der Waals surface area contributed by atoms with Crippen LogP contribution in [0.1, 0.15) is 20.6 Å². The SMILES string of the molecule is O=C(NN1C(=O)CSC1c1ccccc1[N+](=O)[O-])c1sc2ccc(Cl)cc2c1Cl. The van der Waals surface area contributed by atoms with Crippen LogP contribution in [0.3, 0.4) is 0 Å². The van der Waals surface area contributed by atoms with Gasteiger partial charge in [-0.1, -0.05) is 35.3 Å². The van der Waals surface area contributed by atoms with E-state index in [4.69, 9.17) is 23.2 Å². The van der Waals surface area contributed by atoms with Crippen LogP contribution >= 0.6 is 46.3 Å². The van der Waals surface area contributed by atoms with Gasteiger partial charge < -0.3 is 0 Å². The van der Waals surface area contributed by atoms with Gasteiger partial charge in [0.15, 0.2) is 0 Å². The number of nitrogens with one attached hydrogen (secondary N) is 1. The first-order valence-corrected chi connectivity index (χ1v) is 10.8. The molecule has 0 bridgehead atoms. The summed E-state index contributed by atoms with van der Waals surface area (Å²) in [7, 11) is 0. The van der Waals surface area contributed by atoms with E-state index >= 15 is 0 Å². The van der Waals surface area contributed by atoms with Gasteiger partial charge in [0.1, 0.15) is 10.3 Å². The number of hydrazine groups is 1. The van der Waals surface area contributed by atoms with Crippen molar-refractivity contribution in [3.63, 3.8) is 0 Å². The molecule has 3 aromatic rings. The number of amides is 2. The van der Waals surface area contributed by atoms with Crippen molar-refractivity contribution >= 4 is 73.9 Å². The van der Waals surface area contributed by atoms with Gasteiger partial charge in [0, 0.05) is 21.2 Å². The van der Waals surface area contributed by atoms with Crippen molar-refractivity contribution in [3.8, 4) is 0 Å². The number of hydrogen-bond acceptors (Lipinski definition) is 6. The molecule has 7 nitrogen and oxygen atoms in total. The summed E-state index contributed by atoms with van der Waals surface area (Å²) in [5, 5.41) is 13.2. The second kappa shape index (κ2) is 7.83. The number of halogens is 2. The van der Waals surface area contributed by atoms with Gasteiger partial charge in [-0.15, -0.1) is 23.1 Å². The molecule has 1 unspecified atom stereocenters. The van der Waals surface area contributed by atoms with E-state index in [9.17, 15) is 19.7 Å². The Morgan fingerprint density at radius 1 is 1.24 bits per heavy atom. The Balaban J connectivity index is 1.66. The fraction of sp³-hybridized carbons (Fsp3) is 0.111. The minimum atomic E-state index is -0.712. The monoisotopic (exact) mass is 467 g/mol. The van der Waals surface area contributed by atoms with Crippen LogP contribution in [-0.2, 0) is 4.79 Å². The Bertz CT molecular complexity index is 1170. The summed E-state index contributed by atoms with van der Waals surface area (Å²) < 4.78 is 0.780. The first-order valence-electron chi connectivity index (χ1n) is 8.22. The van der Waals surface area contributed by atoms with E-state index in [0.29, 0.717) is 16.0 Å². The molecule has 11 heteroatoms. The lowest BCUT2D eigenvalue weighted by Crippen LogP contribution is -2.44. The molecule has 2 aromatic carbocycles. The molecule has 1 atom stereocenters. The highest BCUT2D eigenvalue weighted by Gasteiger charge is 2.38. The molecule has 1 aromatic heterocycles. The smallest absolute Gasteiger partial charge is 0.272 e. The van der Waals surface area contributed by atoms with E-state index in [1.165, 1.54) is 29.2 Å². The lowest BCUT2D eigenvalue weighted by Gasteiger charge is -2.24. The summed E-state index contributed by atoms with van der Waals surface area (Å²) in [6, 6.07) is 11.3. The van der Waals surface area contributed by atoms with E-state index in [-0.39, 0.29) is 27.2 Å². The van der Waals surface area contributed by atoms with Crippen LogP contribution in [0.15, 0.2) is 42.5 Å². The van der Waals surface area contributed by atoms with Crippen LogP contribution in [0, 0.1) is 10.1 Å². The van der Waals surface area contributed by atoms with Gasteiger partial charge in [-0.3, -0.25) is 25.1 Å². The van der Waals surface area contributed by atoms with E-state index in [1.54, 1.807) is 36.4 Å². The fourth-order valence-corrected chi connectivity index (χ4v) is 5.67. The van der Waals surface area contributed by atoms with Gasteiger partial charge in [-0.05, 0) is 24.3 Å². The minimum Gasteiger partial charge on any atom is -0.272 e. The van der Waals surface area contributed by atoms with E-state index in [2.05, 4.69) is 5.43 Å². The highest BCUT2D eigenvalue weighted by Crippen LogP contribution is 2.42. The summed E-state index contributed by atoms with van der Waals surface area (Å²) in [5.41, 5.74) is 2.79. The zero-order valence-electron chi connectivity index (χ0n) is 14.4. The number of thiophene rings is 1. The van der Waals surface area contributed by atoms with Crippen molar-refractivity contribution in [2.24, 2.45) is 0 Å². The molecule has 2 heterocycles. The number of benzene rings is 2. The van der Waals surface area contributed by atoms with Crippen molar-refractivity contribution < 1.29 is 14.5 Å². The van der Waals surface area contributed by atoms with Crippen LogP contribution in [0.5, 0.6) is 0 Å². The Kier molecular flexibility index (Phi) is 5.39. The molecule has 1 saturated heterocycles. The fourth-order valence-electron chi connectivity index (χ4n) is 2.98. The van der Waals surface area contributed by atoms with Crippen molar-refractivity contribution in [2.45, 2.75) is 5.37 Å². The van der Waals surface area contributed by atoms with Gasteiger partial charge in [0.2, 0.25) is 0 Å². The molecule has 4 rings (SSSR count). The predicted octanol–water partition coefficient (Wildman–Crippen LogP) is 5.04. The summed E-state index contributed by atoms with van der Waals surface area (Å²) >= 11 is 14.7. The summed E-state index contributed by atoms with van der Waals surface area (Å²) in [6.45, 7) is 0. The molecule has 1 aliphatic heterocycles. The molecule has 1 aliphatic rings. The molecular formula is C18H11Cl2N3O4S2. The molecule has 29 heavy (non-hydrogen) atoms. The number of hydrogen-bond donors (Lipinski definition) is 1. The molecule has 1 fully saturated rings. The molecule has 2 amide bonds. The van der Waals surface area contributed by atoms with Crippen LogP contribution in [0.25, 0.3) is 10.1 Å². The van der Waals surface area contributed by atoms with Crippen LogP contribution in [-0.4, -0.2) is 27.5 Å². The number of nitro groups is 1. The van der Waals surface area contributed by atoms with Gasteiger partial charge in [0.05, 0.1) is 21.3 Å². The molecule has 0 radical (unpaired) electrons. The topological polar surface area (TPSA) is 92.6 Å². The molecule has 0 aliphatic carbocycles. The first kappa shape index (κ1) is 20.0. The lowest BCUT2D eigenvalue weighted by atomic mass is 10.1. The van der Waals surface area contributed by atoms with Crippen molar-refractivity contribution in [1.29, 1.82) is 0 Å². The van der Waals surface area contributed by atoms with E-state index in [0.717, 1.165) is 9.71 Å². The number of fused-ring (bicyclic) bond motifs is 1. The number of carbonyl (C=O) groups is 2. The van der Waals surface area contributed by atoms with Crippen LogP contribution < -0.4 is 5.43 Å². The zero-order chi connectivity index (χ0) is 20.7. The standard InChI is InChI=1S/C18H11Cl2N3O4S2/c19-9-5-6-13-11(7-9)15(20)16(29-13)17(25)21-22-14(24)8-28-18(22)10-3-1-2-4-12(10)23(26)27/h1-7,18H,8H2,(H,21,25). The zero-order valence-corrected chi connectivity index (χ0v) is 17.6. The maximum atomic E-state index is 12.9. The van der Waals surface area contributed by atoms with Crippen molar-refractivity contribution in [3.05, 3.63) is 73.1 Å². The Hall–Kier alpha value is -2.33. The van der Waals surface area contributed by atoms with Gasteiger partial charge in [-0.25, -0.2) is 5.01 Å². The third kappa shape index (κ3) is 3.66. The number of nitro benzene ring substituents is 1. The van der Waals surface area contributed by atoms with Crippen molar-refractivity contribution in [2.75, 3.05) is 5.75 Å². The number of rotatable bonds is 4. The summed E-state index contributed by atoms with van der Waals surface area (Å²) in [5.74, 6) is -0.828. The Labute approximate surface area is 182 Å². The average Bonchev–Trinajstić information content (AvgIpc) is 3.22. The number of thioether (sulfide) groups is 1. The quantitative estimate of drug-likeness (QED) is 0.428. The number of para-hydroxylation sites is 1. The van der Waals surface area contributed by atoms with Gasteiger partial charge in [0.25, 0.3) is 17.5 Å². The molecule has 1 N–H and O–H groups in total. The molecular weight excluding hydrogens is 457 g/mol. The second-order valence-corrected chi connectivity index (χ2v) is 9.00. The normalized spacial score (nSPS) is 16.4. The Morgan fingerprint density at radius 3 is 2.76 bits per heavy atom. The largest absolute Gasteiger partial charge is 0.281 e. The van der Waals surface area contributed by atoms with Gasteiger partial charge in [-0.2, -0.15) is 0 Å². The lowest BCUT2D eigenvalue weighted by molar-refractivity contribution is -0.385. The van der Waals surface area contributed by atoms with E-state index in [1.807, 2.05) is 0 Å². The van der Waals surface area contributed by atoms with Crippen LogP contribution in [0.2, 0.25) is 10.0 Å². The number of nitrogens with zero attached hydrogens (tertiary/aromatic N) is 2. The predicted molar refractivity (Wildman–Crippen MR) is 114 cm³/mol. The summed E-state index contributed by atoms with van der Waals surface area (Å²) in [6.07, 6.45) is 0. The molecule has 0 saturated carbocycles. The Morgan fingerprint density at radius 2 is 2.00 bits per heavy atom. The second-order valence-electron chi connectivity index (χ2n) is 6.07.